The van der Waals surface area contributed by atoms with Gasteiger partial charge in [0.1, 0.15) is 22.6 Å². The Hall–Kier alpha value is -2.07. The Morgan fingerprint density at radius 3 is 2.43 bits per heavy atom. The van der Waals surface area contributed by atoms with E-state index in [1.54, 1.807) is 4.72 Å². The molecular weight excluding hydrogens is 310 g/mol. The van der Waals surface area contributed by atoms with E-state index in [4.69, 9.17) is 10.8 Å². The van der Waals surface area contributed by atoms with Gasteiger partial charge < -0.3 is 10.8 Å². The van der Waals surface area contributed by atoms with E-state index in [1.807, 2.05) is 0 Å². The lowest BCUT2D eigenvalue weighted by Gasteiger charge is -2.14. The highest BCUT2D eigenvalue weighted by Crippen LogP contribution is 2.16. The standard InChI is InChI=1S/C11H12F2N2O5S/c12-6-1-3-9(7(13)5-6)21(19,20)15-8(11(17)18)2-4-10(14)16/h1,3,5,8,15H,2,4H2,(H2,14,16)(H,17,18)/t8-/m0/s1. The number of rotatable bonds is 7. The summed E-state index contributed by atoms with van der Waals surface area (Å²) in [6.07, 6.45) is -0.766. The molecule has 0 saturated carbocycles. The van der Waals surface area contributed by atoms with Crippen molar-refractivity contribution in [1.29, 1.82) is 0 Å². The van der Waals surface area contributed by atoms with Gasteiger partial charge in [0.25, 0.3) is 0 Å². The summed E-state index contributed by atoms with van der Waals surface area (Å²) in [7, 11) is -4.52. The average molecular weight is 322 g/mol. The molecule has 0 radical (unpaired) electrons. The topological polar surface area (TPSA) is 127 Å². The molecule has 0 heterocycles. The minimum atomic E-state index is -4.52. The fraction of sp³-hybridized carbons (Fsp3) is 0.273. The second-order valence-electron chi connectivity index (χ2n) is 4.09. The number of carboxylic acid groups (broad SMARTS) is 1. The Balaban J connectivity index is 3.00. The maximum atomic E-state index is 13.4. The first-order valence-corrected chi connectivity index (χ1v) is 7.10. The number of carbonyl (C=O) groups excluding carboxylic acids is 1. The predicted molar refractivity (Wildman–Crippen MR) is 66.5 cm³/mol. The van der Waals surface area contributed by atoms with E-state index in [9.17, 15) is 26.8 Å². The van der Waals surface area contributed by atoms with Gasteiger partial charge in [-0.15, -0.1) is 0 Å². The first-order valence-electron chi connectivity index (χ1n) is 5.62. The van der Waals surface area contributed by atoms with Crippen LogP contribution in [-0.2, 0) is 19.6 Å². The van der Waals surface area contributed by atoms with Gasteiger partial charge in [-0.1, -0.05) is 0 Å². The Morgan fingerprint density at radius 2 is 1.95 bits per heavy atom. The number of hydrogen-bond donors (Lipinski definition) is 3. The third kappa shape index (κ3) is 4.76. The smallest absolute Gasteiger partial charge is 0.321 e. The third-order valence-electron chi connectivity index (χ3n) is 2.46. The van der Waals surface area contributed by atoms with E-state index in [0.29, 0.717) is 12.1 Å². The molecule has 0 unspecified atom stereocenters. The first kappa shape index (κ1) is 17.0. The highest BCUT2D eigenvalue weighted by molar-refractivity contribution is 7.89. The number of primary amides is 1. The first-order chi connectivity index (χ1) is 9.63. The zero-order valence-corrected chi connectivity index (χ0v) is 11.4. The molecule has 7 nitrogen and oxygen atoms in total. The lowest BCUT2D eigenvalue weighted by Crippen LogP contribution is -2.41. The number of carboxylic acids is 1. The van der Waals surface area contributed by atoms with Crippen LogP contribution in [0.15, 0.2) is 23.1 Å². The Labute approximate surface area is 118 Å². The number of benzene rings is 1. The molecule has 0 aliphatic heterocycles. The van der Waals surface area contributed by atoms with Gasteiger partial charge in [0.15, 0.2) is 0 Å². The minimum absolute atomic E-state index is 0.355. The van der Waals surface area contributed by atoms with E-state index in [-0.39, 0.29) is 6.42 Å². The molecule has 1 aromatic carbocycles. The Bertz CT molecular complexity index is 663. The number of aliphatic carboxylic acids is 1. The third-order valence-corrected chi connectivity index (χ3v) is 3.96. The second kappa shape index (κ2) is 6.59. The number of nitrogens with two attached hydrogens (primary N) is 1. The fourth-order valence-corrected chi connectivity index (χ4v) is 2.75. The zero-order chi connectivity index (χ0) is 16.2. The maximum Gasteiger partial charge on any atom is 0.321 e. The van der Waals surface area contributed by atoms with Crippen LogP contribution in [0, 0.1) is 11.6 Å². The fourth-order valence-electron chi connectivity index (χ4n) is 1.46. The monoisotopic (exact) mass is 322 g/mol. The Kier molecular flexibility index (Phi) is 5.33. The van der Waals surface area contributed by atoms with Gasteiger partial charge in [0, 0.05) is 12.5 Å². The highest BCUT2D eigenvalue weighted by Gasteiger charge is 2.27. The largest absolute Gasteiger partial charge is 0.480 e. The highest BCUT2D eigenvalue weighted by atomic mass is 32.2. The molecule has 0 saturated heterocycles. The van der Waals surface area contributed by atoms with Gasteiger partial charge in [0.05, 0.1) is 0 Å². The number of halogens is 2. The normalized spacial score (nSPS) is 12.9. The van der Waals surface area contributed by atoms with Gasteiger partial charge in [-0.3, -0.25) is 9.59 Å². The van der Waals surface area contributed by atoms with Crippen LogP contribution in [0.2, 0.25) is 0 Å². The van der Waals surface area contributed by atoms with Crippen LogP contribution >= 0.6 is 0 Å². The van der Waals surface area contributed by atoms with Crippen LogP contribution in [0.1, 0.15) is 12.8 Å². The summed E-state index contributed by atoms with van der Waals surface area (Å²) >= 11 is 0. The quantitative estimate of drug-likeness (QED) is 0.649. The van der Waals surface area contributed by atoms with Gasteiger partial charge >= 0.3 is 5.97 Å². The zero-order valence-electron chi connectivity index (χ0n) is 10.5. The average Bonchev–Trinajstić information content (AvgIpc) is 2.33. The van der Waals surface area contributed by atoms with E-state index >= 15 is 0 Å². The molecule has 116 valence electrons. The van der Waals surface area contributed by atoms with E-state index < -0.39 is 50.9 Å². The van der Waals surface area contributed by atoms with Gasteiger partial charge in [-0.25, -0.2) is 17.2 Å². The van der Waals surface area contributed by atoms with Crippen LogP contribution in [0.5, 0.6) is 0 Å². The maximum absolute atomic E-state index is 13.4. The predicted octanol–water partition coefficient (Wildman–Crippen LogP) is -0.0382. The number of sulfonamides is 1. The number of nitrogens with one attached hydrogen (secondary N) is 1. The molecule has 10 heteroatoms. The molecule has 0 fully saturated rings. The summed E-state index contributed by atoms with van der Waals surface area (Å²) in [5.41, 5.74) is 4.85. The van der Waals surface area contributed by atoms with Crippen molar-refractivity contribution >= 4 is 21.9 Å². The molecule has 0 aromatic heterocycles. The van der Waals surface area contributed by atoms with Crippen molar-refractivity contribution < 1.29 is 31.9 Å². The Morgan fingerprint density at radius 1 is 1.33 bits per heavy atom. The van der Waals surface area contributed by atoms with E-state index in [1.165, 1.54) is 0 Å². The van der Waals surface area contributed by atoms with E-state index in [0.717, 1.165) is 6.07 Å². The summed E-state index contributed by atoms with van der Waals surface area (Å²) < 4.78 is 51.6. The molecule has 1 aromatic rings. The van der Waals surface area contributed by atoms with Crippen LogP contribution in [0.25, 0.3) is 0 Å². The molecule has 4 N–H and O–H groups in total. The van der Waals surface area contributed by atoms with Gasteiger partial charge in [-0.05, 0) is 18.6 Å². The number of carbonyl (C=O) groups is 2. The summed E-state index contributed by atoms with van der Waals surface area (Å²) in [5, 5.41) is 8.88. The molecule has 1 atom stereocenters. The second-order valence-corrected chi connectivity index (χ2v) is 5.77. The molecule has 0 bridgehead atoms. The van der Waals surface area contributed by atoms with Crippen LogP contribution < -0.4 is 10.5 Å². The number of hydrogen-bond acceptors (Lipinski definition) is 4. The van der Waals surface area contributed by atoms with Crippen molar-refractivity contribution in [3.05, 3.63) is 29.8 Å². The van der Waals surface area contributed by atoms with Gasteiger partial charge in [0.2, 0.25) is 15.9 Å². The SMILES string of the molecule is NC(=O)CC[C@H](NS(=O)(=O)c1ccc(F)cc1F)C(=O)O. The molecular formula is C11H12F2N2O5S. The number of amides is 1. The molecule has 0 aliphatic rings. The lowest BCUT2D eigenvalue weighted by atomic mass is 10.2. The summed E-state index contributed by atoms with van der Waals surface area (Å²) in [6.45, 7) is 0. The summed E-state index contributed by atoms with van der Waals surface area (Å²) in [5.74, 6) is -4.70. The summed E-state index contributed by atoms with van der Waals surface area (Å²) in [6, 6.07) is 0.0804. The molecule has 1 amide bonds. The van der Waals surface area contributed by atoms with Crippen LogP contribution in [-0.4, -0.2) is 31.4 Å². The van der Waals surface area contributed by atoms with Crippen molar-refractivity contribution in [2.45, 2.75) is 23.8 Å². The van der Waals surface area contributed by atoms with Crippen molar-refractivity contribution in [2.75, 3.05) is 0 Å². The lowest BCUT2D eigenvalue weighted by molar-refractivity contribution is -0.139. The van der Waals surface area contributed by atoms with Crippen LogP contribution in [0.4, 0.5) is 8.78 Å². The van der Waals surface area contributed by atoms with Crippen molar-refractivity contribution in [1.82, 2.24) is 4.72 Å². The minimum Gasteiger partial charge on any atom is -0.480 e. The van der Waals surface area contributed by atoms with E-state index in [2.05, 4.69) is 0 Å². The molecule has 1 rings (SSSR count). The summed E-state index contributed by atoms with van der Waals surface area (Å²) in [4.78, 5) is 20.6. The van der Waals surface area contributed by atoms with Crippen molar-refractivity contribution in [2.24, 2.45) is 5.73 Å². The molecule has 21 heavy (non-hydrogen) atoms. The van der Waals surface area contributed by atoms with Crippen LogP contribution in [0.3, 0.4) is 0 Å². The van der Waals surface area contributed by atoms with Crippen molar-refractivity contribution in [3.8, 4) is 0 Å². The van der Waals surface area contributed by atoms with Gasteiger partial charge in [-0.2, -0.15) is 4.72 Å². The van der Waals surface area contributed by atoms with Crippen molar-refractivity contribution in [3.63, 3.8) is 0 Å². The molecule has 0 aliphatic carbocycles. The molecule has 0 spiro atoms.